The van der Waals surface area contributed by atoms with Crippen molar-refractivity contribution in [2.45, 2.75) is 46.5 Å². The van der Waals surface area contributed by atoms with Gasteiger partial charge in [0.25, 0.3) is 0 Å². The second-order valence-corrected chi connectivity index (χ2v) is 7.61. The lowest BCUT2D eigenvalue weighted by atomic mass is 9.93. The van der Waals surface area contributed by atoms with Gasteiger partial charge in [0.1, 0.15) is 5.52 Å². The van der Waals surface area contributed by atoms with Gasteiger partial charge in [0.05, 0.1) is 15.6 Å². The number of ether oxygens (including phenoxy) is 1. The second kappa shape index (κ2) is 7.50. The van der Waals surface area contributed by atoms with E-state index in [1.807, 2.05) is 43.7 Å². The molecule has 0 unspecified atom stereocenters. The van der Waals surface area contributed by atoms with Crippen LogP contribution < -0.4 is 4.74 Å². The van der Waals surface area contributed by atoms with Gasteiger partial charge in [-0.1, -0.05) is 49.2 Å². The molecule has 1 heterocycles. The van der Waals surface area contributed by atoms with Crippen molar-refractivity contribution in [3.8, 4) is 11.8 Å². The lowest BCUT2D eigenvalue weighted by molar-refractivity contribution is 0.425. The molecular weight excluding hydrogens is 367 g/mol. The van der Waals surface area contributed by atoms with Crippen molar-refractivity contribution < 1.29 is 4.74 Å². The van der Waals surface area contributed by atoms with Crippen molar-refractivity contribution in [2.75, 3.05) is 0 Å². The van der Waals surface area contributed by atoms with Crippen LogP contribution in [-0.2, 0) is 7.05 Å². The van der Waals surface area contributed by atoms with Gasteiger partial charge < -0.3 is 4.74 Å². The summed E-state index contributed by atoms with van der Waals surface area (Å²) in [6, 6.07) is 8.48. The fourth-order valence-corrected chi connectivity index (χ4v) is 4.12. The number of aromatic nitrogens is 2. The van der Waals surface area contributed by atoms with E-state index in [0.717, 1.165) is 35.0 Å². The first kappa shape index (κ1) is 19.1. The number of hydrogen-bond acceptors (Lipinski definition) is 2. The van der Waals surface area contributed by atoms with Crippen LogP contribution in [0.25, 0.3) is 11.0 Å². The van der Waals surface area contributed by atoms with E-state index in [0.29, 0.717) is 27.7 Å². The lowest BCUT2D eigenvalue weighted by Gasteiger charge is -2.16. The van der Waals surface area contributed by atoms with E-state index in [2.05, 4.69) is 24.9 Å². The Morgan fingerprint density at radius 3 is 2.38 bits per heavy atom. The molecule has 2 aromatic carbocycles. The van der Waals surface area contributed by atoms with E-state index in [1.165, 1.54) is 5.56 Å². The van der Waals surface area contributed by atoms with Crippen LogP contribution in [0, 0.1) is 13.8 Å². The molecule has 0 amide bonds. The number of rotatable bonds is 5. The Morgan fingerprint density at radius 1 is 1.08 bits per heavy atom. The number of halogens is 2. The molecule has 0 fully saturated rings. The molecule has 0 aliphatic rings. The second-order valence-electron chi connectivity index (χ2n) is 6.80. The Kier molecular flexibility index (Phi) is 5.50. The molecule has 0 bridgehead atoms. The van der Waals surface area contributed by atoms with Crippen LogP contribution in [0.3, 0.4) is 0 Å². The van der Waals surface area contributed by atoms with Crippen LogP contribution in [0.2, 0.25) is 10.0 Å². The minimum Gasteiger partial charge on any atom is -0.424 e. The van der Waals surface area contributed by atoms with Gasteiger partial charge in [0.2, 0.25) is 0 Å². The van der Waals surface area contributed by atoms with Gasteiger partial charge >= 0.3 is 6.01 Å². The maximum atomic E-state index is 6.43. The van der Waals surface area contributed by atoms with Crippen molar-refractivity contribution in [3.05, 3.63) is 51.0 Å². The van der Waals surface area contributed by atoms with Crippen LogP contribution in [0.5, 0.6) is 11.8 Å². The van der Waals surface area contributed by atoms with Gasteiger partial charge in [-0.3, -0.25) is 4.57 Å². The molecule has 5 heteroatoms. The van der Waals surface area contributed by atoms with Crippen molar-refractivity contribution in [2.24, 2.45) is 7.05 Å². The molecule has 0 spiro atoms. The SMILES string of the molecule is CCC(CC)c1ccc(Cl)c2nc(Oc3c(C)cc(C)cc3Cl)n(C)c12. The smallest absolute Gasteiger partial charge is 0.302 e. The molecule has 0 saturated carbocycles. The van der Waals surface area contributed by atoms with Gasteiger partial charge in [-0.2, -0.15) is 4.98 Å². The van der Waals surface area contributed by atoms with Crippen LogP contribution in [0.15, 0.2) is 24.3 Å². The zero-order valence-electron chi connectivity index (χ0n) is 15.9. The monoisotopic (exact) mass is 390 g/mol. The molecular formula is C21H24Cl2N2O. The Morgan fingerprint density at radius 2 is 1.77 bits per heavy atom. The van der Waals surface area contributed by atoms with Crippen LogP contribution in [0.4, 0.5) is 0 Å². The maximum Gasteiger partial charge on any atom is 0.302 e. The third-order valence-electron chi connectivity index (χ3n) is 4.96. The normalized spacial score (nSPS) is 11.5. The number of aryl methyl sites for hydroxylation is 3. The minimum atomic E-state index is 0.461. The van der Waals surface area contributed by atoms with E-state index in [1.54, 1.807) is 0 Å². The minimum absolute atomic E-state index is 0.461. The van der Waals surface area contributed by atoms with E-state index in [9.17, 15) is 0 Å². The van der Waals surface area contributed by atoms with Crippen LogP contribution in [-0.4, -0.2) is 9.55 Å². The molecule has 0 atom stereocenters. The summed E-state index contributed by atoms with van der Waals surface area (Å²) in [4.78, 5) is 4.67. The number of hydrogen-bond donors (Lipinski definition) is 0. The van der Waals surface area contributed by atoms with E-state index < -0.39 is 0 Å². The molecule has 0 radical (unpaired) electrons. The summed E-state index contributed by atoms with van der Waals surface area (Å²) in [6.45, 7) is 8.41. The molecule has 0 saturated heterocycles. The summed E-state index contributed by atoms with van der Waals surface area (Å²) in [5.41, 5.74) is 5.14. The van der Waals surface area contributed by atoms with Crippen molar-refractivity contribution in [1.82, 2.24) is 9.55 Å². The molecule has 0 aliphatic heterocycles. The molecule has 3 rings (SSSR count). The number of fused-ring (bicyclic) bond motifs is 1. The van der Waals surface area contributed by atoms with Crippen molar-refractivity contribution >= 4 is 34.2 Å². The molecule has 0 aliphatic carbocycles. The first-order valence-corrected chi connectivity index (χ1v) is 9.72. The average Bonchev–Trinajstić information content (AvgIpc) is 2.92. The summed E-state index contributed by atoms with van der Waals surface area (Å²) in [5.74, 6) is 1.10. The summed E-state index contributed by atoms with van der Waals surface area (Å²) in [5, 5.41) is 1.22. The summed E-state index contributed by atoms with van der Waals surface area (Å²) in [7, 11) is 1.96. The van der Waals surface area contributed by atoms with Gasteiger partial charge in [0, 0.05) is 7.05 Å². The molecule has 138 valence electrons. The Bertz CT molecular complexity index is 935. The molecule has 3 nitrogen and oxygen atoms in total. The fraction of sp³-hybridized carbons (Fsp3) is 0.381. The first-order valence-electron chi connectivity index (χ1n) is 8.96. The highest BCUT2D eigenvalue weighted by molar-refractivity contribution is 6.35. The van der Waals surface area contributed by atoms with E-state index in [4.69, 9.17) is 27.9 Å². The number of imidazole rings is 1. The largest absolute Gasteiger partial charge is 0.424 e. The molecule has 1 aromatic heterocycles. The van der Waals surface area contributed by atoms with Crippen LogP contribution >= 0.6 is 23.2 Å². The Balaban J connectivity index is 2.16. The van der Waals surface area contributed by atoms with E-state index >= 15 is 0 Å². The average molecular weight is 391 g/mol. The van der Waals surface area contributed by atoms with Gasteiger partial charge in [-0.15, -0.1) is 0 Å². The van der Waals surface area contributed by atoms with E-state index in [-0.39, 0.29) is 0 Å². The molecule has 0 N–H and O–H groups in total. The zero-order valence-corrected chi connectivity index (χ0v) is 17.4. The molecule has 26 heavy (non-hydrogen) atoms. The third-order valence-corrected chi connectivity index (χ3v) is 5.54. The highest BCUT2D eigenvalue weighted by Crippen LogP contribution is 2.38. The zero-order chi connectivity index (χ0) is 19.0. The van der Waals surface area contributed by atoms with Crippen LogP contribution in [0.1, 0.15) is 49.3 Å². The number of benzene rings is 2. The van der Waals surface area contributed by atoms with Crippen molar-refractivity contribution in [1.29, 1.82) is 0 Å². The molecule has 3 aromatic rings. The Hall–Kier alpha value is -1.71. The van der Waals surface area contributed by atoms with Gasteiger partial charge in [0.15, 0.2) is 5.75 Å². The highest BCUT2D eigenvalue weighted by atomic mass is 35.5. The lowest BCUT2D eigenvalue weighted by Crippen LogP contribution is -2.01. The standard InChI is InChI=1S/C21H24Cl2N2O/c1-6-14(7-2)15-8-9-16(22)18-19(15)25(5)21(24-18)26-20-13(4)10-12(3)11-17(20)23/h8-11,14H,6-7H2,1-5H3. The van der Waals surface area contributed by atoms with Crippen molar-refractivity contribution in [3.63, 3.8) is 0 Å². The fourth-order valence-electron chi connectivity index (χ4n) is 3.57. The quantitative estimate of drug-likeness (QED) is 0.460. The maximum absolute atomic E-state index is 6.43. The summed E-state index contributed by atoms with van der Waals surface area (Å²) >= 11 is 12.8. The van der Waals surface area contributed by atoms with Gasteiger partial charge in [-0.05, 0) is 61.4 Å². The van der Waals surface area contributed by atoms with Gasteiger partial charge in [-0.25, -0.2) is 0 Å². The predicted molar refractivity (Wildman–Crippen MR) is 110 cm³/mol. The topological polar surface area (TPSA) is 27.1 Å². The number of nitrogens with zero attached hydrogens (tertiary/aromatic N) is 2. The Labute approximate surface area is 164 Å². The predicted octanol–water partition coefficient (Wildman–Crippen LogP) is 7.19. The summed E-state index contributed by atoms with van der Waals surface area (Å²) < 4.78 is 8.11. The summed E-state index contributed by atoms with van der Waals surface area (Å²) in [6.07, 6.45) is 2.13. The highest BCUT2D eigenvalue weighted by Gasteiger charge is 2.20. The first-order chi connectivity index (χ1) is 12.4. The third kappa shape index (κ3) is 3.30.